The van der Waals surface area contributed by atoms with Gasteiger partial charge in [0.15, 0.2) is 0 Å². The van der Waals surface area contributed by atoms with Crippen molar-refractivity contribution < 1.29 is 14.6 Å². The van der Waals surface area contributed by atoms with E-state index in [1.54, 1.807) is 6.92 Å². The smallest absolute Gasteiger partial charge is 0.302 e. The molecule has 184 valence electrons. The maximum atomic E-state index is 11.5. The maximum Gasteiger partial charge on any atom is 0.302 e. The fourth-order valence-electron chi connectivity index (χ4n) is 9.58. The van der Waals surface area contributed by atoms with Gasteiger partial charge in [0.1, 0.15) is 6.10 Å². The summed E-state index contributed by atoms with van der Waals surface area (Å²) in [6, 6.07) is 0. The Balaban J connectivity index is 1.43. The summed E-state index contributed by atoms with van der Waals surface area (Å²) >= 11 is 0. The molecule has 0 saturated heterocycles. The number of aliphatic hydroxyl groups excluding tert-OH is 1. The lowest BCUT2D eigenvalue weighted by atomic mass is 9.44. The second-order valence-electron chi connectivity index (χ2n) is 13.3. The van der Waals surface area contributed by atoms with Gasteiger partial charge in [0.25, 0.3) is 0 Å². The number of carbonyl (C=O) groups is 1. The van der Waals surface area contributed by atoms with Crippen LogP contribution < -0.4 is 0 Å². The Morgan fingerprint density at radius 1 is 0.938 bits per heavy atom. The number of esters is 1. The molecule has 1 N–H and O–H groups in total. The highest BCUT2D eigenvalue weighted by Gasteiger charge is 2.60. The van der Waals surface area contributed by atoms with Crippen molar-refractivity contribution in [3.05, 3.63) is 0 Å². The second kappa shape index (κ2) is 9.23. The molecule has 0 spiro atoms. The molecule has 3 nitrogen and oxygen atoms in total. The number of hydrogen-bond acceptors (Lipinski definition) is 3. The predicted molar refractivity (Wildman–Crippen MR) is 130 cm³/mol. The molecule has 4 fully saturated rings. The van der Waals surface area contributed by atoms with Gasteiger partial charge in [0.05, 0.1) is 6.10 Å². The Morgan fingerprint density at radius 2 is 1.62 bits per heavy atom. The molecule has 32 heavy (non-hydrogen) atoms. The molecule has 0 aliphatic heterocycles. The number of rotatable bonds is 6. The van der Waals surface area contributed by atoms with E-state index in [-0.39, 0.29) is 18.2 Å². The van der Waals surface area contributed by atoms with E-state index in [1.165, 1.54) is 51.4 Å². The van der Waals surface area contributed by atoms with Crippen molar-refractivity contribution in [3.8, 4) is 0 Å². The van der Waals surface area contributed by atoms with Crippen LogP contribution in [0.5, 0.6) is 0 Å². The molecule has 0 heterocycles. The minimum Gasteiger partial charge on any atom is -0.462 e. The fourth-order valence-corrected chi connectivity index (χ4v) is 9.58. The molecule has 0 radical (unpaired) electrons. The highest BCUT2D eigenvalue weighted by atomic mass is 16.5. The summed E-state index contributed by atoms with van der Waals surface area (Å²) in [5.41, 5.74) is 0.967. The molecule has 4 aliphatic rings. The van der Waals surface area contributed by atoms with Crippen LogP contribution in [-0.2, 0) is 9.53 Å². The second-order valence-corrected chi connectivity index (χ2v) is 13.3. The minimum absolute atomic E-state index is 0.0446. The third-order valence-electron chi connectivity index (χ3n) is 11.4. The Morgan fingerprint density at radius 3 is 2.31 bits per heavy atom. The monoisotopic (exact) mass is 446 g/mol. The van der Waals surface area contributed by atoms with Gasteiger partial charge in [-0.3, -0.25) is 4.79 Å². The highest BCUT2D eigenvalue weighted by molar-refractivity contribution is 5.66. The number of fused-ring (bicyclic) bond motifs is 5. The van der Waals surface area contributed by atoms with Gasteiger partial charge < -0.3 is 9.84 Å². The molecular weight excluding hydrogens is 396 g/mol. The first-order valence-corrected chi connectivity index (χ1v) is 13.9. The lowest BCUT2D eigenvalue weighted by Gasteiger charge is -2.61. The third-order valence-corrected chi connectivity index (χ3v) is 11.4. The summed E-state index contributed by atoms with van der Waals surface area (Å²) in [5, 5.41) is 10.3. The van der Waals surface area contributed by atoms with Gasteiger partial charge in [0, 0.05) is 6.92 Å². The normalized spacial score (nSPS) is 45.5. The first-order valence-electron chi connectivity index (χ1n) is 13.9. The van der Waals surface area contributed by atoms with E-state index in [9.17, 15) is 9.90 Å². The maximum absolute atomic E-state index is 11.5. The molecule has 4 saturated carbocycles. The highest BCUT2D eigenvalue weighted by Crippen LogP contribution is 2.68. The average molecular weight is 447 g/mol. The van der Waals surface area contributed by atoms with Gasteiger partial charge in [-0.05, 0) is 123 Å². The van der Waals surface area contributed by atoms with Crippen LogP contribution in [0.1, 0.15) is 112 Å². The van der Waals surface area contributed by atoms with E-state index in [1.807, 2.05) is 0 Å². The first-order chi connectivity index (χ1) is 15.1. The summed E-state index contributed by atoms with van der Waals surface area (Å²) in [5.74, 6) is 5.21. The third kappa shape index (κ3) is 4.29. The fraction of sp³-hybridized carbons (Fsp3) is 0.966. The van der Waals surface area contributed by atoms with Crippen molar-refractivity contribution in [2.75, 3.05) is 0 Å². The Hall–Kier alpha value is -0.570. The van der Waals surface area contributed by atoms with Crippen molar-refractivity contribution in [2.24, 2.45) is 52.3 Å². The van der Waals surface area contributed by atoms with Crippen molar-refractivity contribution in [1.82, 2.24) is 0 Å². The number of ether oxygens (including phenoxy) is 1. The summed E-state index contributed by atoms with van der Waals surface area (Å²) in [7, 11) is 0. The molecule has 0 amide bonds. The number of carbonyl (C=O) groups excluding carboxylic acids is 1. The zero-order chi connectivity index (χ0) is 23.3. The summed E-state index contributed by atoms with van der Waals surface area (Å²) < 4.78 is 5.64. The lowest BCUT2D eigenvalue weighted by Crippen LogP contribution is -2.54. The van der Waals surface area contributed by atoms with Crippen LogP contribution in [-0.4, -0.2) is 23.3 Å². The van der Waals surface area contributed by atoms with E-state index in [0.717, 1.165) is 48.9 Å². The predicted octanol–water partition coefficient (Wildman–Crippen LogP) is 7.01. The molecule has 4 aliphatic carbocycles. The van der Waals surface area contributed by atoms with Gasteiger partial charge in [0.2, 0.25) is 0 Å². The number of aliphatic hydroxyl groups is 1. The zero-order valence-electron chi connectivity index (χ0n) is 21.7. The van der Waals surface area contributed by atoms with E-state index in [0.29, 0.717) is 22.7 Å². The first kappa shape index (κ1) is 24.6. The van der Waals surface area contributed by atoms with E-state index in [2.05, 4.69) is 34.6 Å². The van der Waals surface area contributed by atoms with E-state index in [4.69, 9.17) is 4.74 Å². The van der Waals surface area contributed by atoms with E-state index < -0.39 is 0 Å². The van der Waals surface area contributed by atoms with Crippen LogP contribution in [0.4, 0.5) is 0 Å². The Bertz CT molecular complexity index is 673. The topological polar surface area (TPSA) is 46.5 Å². The van der Waals surface area contributed by atoms with Crippen LogP contribution in [0.2, 0.25) is 0 Å². The van der Waals surface area contributed by atoms with Crippen molar-refractivity contribution in [3.63, 3.8) is 0 Å². The van der Waals surface area contributed by atoms with Gasteiger partial charge >= 0.3 is 5.97 Å². The summed E-state index contributed by atoms with van der Waals surface area (Å²) in [6.45, 7) is 13.6. The lowest BCUT2D eigenvalue weighted by molar-refractivity contribution is -0.149. The SMILES string of the molecule is CC(=O)O[C@H](CC[C@@H](C)[C@H]1CC[C@H]2[C@@H]3CC[C@@H]4C[C@H](O)CC[C@]4(C)[C@H]3CC[C@]12C)C(C)C. The average Bonchev–Trinajstić information content (AvgIpc) is 3.08. The minimum atomic E-state index is -0.137. The number of hydrogen-bond donors (Lipinski definition) is 1. The molecule has 4 rings (SSSR count). The van der Waals surface area contributed by atoms with Crippen LogP contribution >= 0.6 is 0 Å². The Labute approximate surface area is 197 Å². The molecule has 0 unspecified atom stereocenters. The van der Waals surface area contributed by atoms with Crippen molar-refractivity contribution in [1.29, 1.82) is 0 Å². The van der Waals surface area contributed by atoms with Gasteiger partial charge in [-0.2, -0.15) is 0 Å². The molecule has 0 aromatic carbocycles. The largest absolute Gasteiger partial charge is 0.462 e. The zero-order valence-corrected chi connectivity index (χ0v) is 21.7. The standard InChI is InChI=1S/C29H50O3/c1-18(2)27(32-20(4)30)12-7-19(3)24-10-11-25-23-9-8-21-17-22(31)13-15-28(21,5)26(23)14-16-29(24,25)6/h18-19,21-27,31H,7-17H2,1-6H3/t19-,21-,22-,23+,24-,25+,26+,27-,28+,29-/m1/s1. The molecule has 0 aromatic heterocycles. The van der Waals surface area contributed by atoms with Gasteiger partial charge in [-0.25, -0.2) is 0 Å². The van der Waals surface area contributed by atoms with Crippen molar-refractivity contribution >= 4 is 5.97 Å². The van der Waals surface area contributed by atoms with Crippen LogP contribution in [0.3, 0.4) is 0 Å². The molecule has 0 aromatic rings. The molecular formula is C29H50O3. The van der Waals surface area contributed by atoms with Gasteiger partial charge in [-0.1, -0.05) is 34.6 Å². The van der Waals surface area contributed by atoms with E-state index >= 15 is 0 Å². The quantitative estimate of drug-likeness (QED) is 0.446. The van der Waals surface area contributed by atoms with Crippen LogP contribution in [0, 0.1) is 52.3 Å². The molecule has 3 heteroatoms. The Kier molecular flexibility index (Phi) is 7.08. The van der Waals surface area contributed by atoms with Crippen LogP contribution in [0.15, 0.2) is 0 Å². The molecule has 0 bridgehead atoms. The summed E-state index contributed by atoms with van der Waals surface area (Å²) in [4.78, 5) is 11.5. The van der Waals surface area contributed by atoms with Gasteiger partial charge in [-0.15, -0.1) is 0 Å². The summed E-state index contributed by atoms with van der Waals surface area (Å²) in [6.07, 6.45) is 13.9. The molecule has 10 atom stereocenters. The van der Waals surface area contributed by atoms with Crippen LogP contribution in [0.25, 0.3) is 0 Å². The van der Waals surface area contributed by atoms with Crippen molar-refractivity contribution in [2.45, 2.75) is 124 Å².